The summed E-state index contributed by atoms with van der Waals surface area (Å²) in [4.78, 5) is 15.0. The first-order valence-corrected chi connectivity index (χ1v) is 5.48. The third-order valence-corrected chi connectivity index (χ3v) is 2.51. The van der Waals surface area contributed by atoms with E-state index >= 15 is 0 Å². The Bertz CT molecular complexity index is 523. The topological polar surface area (TPSA) is 47.8 Å². The third-order valence-electron chi connectivity index (χ3n) is 2.51. The summed E-state index contributed by atoms with van der Waals surface area (Å²) in [6, 6.07) is 3.71. The highest BCUT2D eigenvalue weighted by molar-refractivity contribution is 5.76. The van der Waals surface area contributed by atoms with E-state index in [0.717, 1.165) is 17.7 Å². The number of hydrogen-bond donors (Lipinski definition) is 0. The van der Waals surface area contributed by atoms with E-state index in [2.05, 4.69) is 10.1 Å². The molecule has 0 saturated carbocycles. The molecule has 0 radical (unpaired) electrons. The molecule has 2 rings (SSSR count). The van der Waals surface area contributed by atoms with Crippen LogP contribution >= 0.6 is 0 Å². The Morgan fingerprint density at radius 1 is 1.24 bits per heavy atom. The Balaban J connectivity index is 2.53. The summed E-state index contributed by atoms with van der Waals surface area (Å²) in [5.41, 5.74) is 2.20. The highest BCUT2D eigenvalue weighted by Crippen LogP contribution is 2.24. The standard InChI is InChI=1S/C13H15N3O/c1-13(2,3)12-10(9-17)8-16(15-12)11-4-6-14-7-5-11/h4-9H,1-3H3. The first-order valence-electron chi connectivity index (χ1n) is 5.48. The van der Waals surface area contributed by atoms with E-state index in [-0.39, 0.29) is 5.41 Å². The first-order chi connectivity index (χ1) is 8.02. The van der Waals surface area contributed by atoms with Crippen molar-refractivity contribution in [1.82, 2.24) is 14.8 Å². The maximum atomic E-state index is 11.1. The SMILES string of the molecule is CC(C)(C)c1nn(-c2ccncc2)cc1C=O. The number of pyridine rings is 1. The second-order valence-corrected chi connectivity index (χ2v) is 4.95. The number of carbonyl (C=O) groups is 1. The van der Waals surface area contributed by atoms with Crippen LogP contribution in [0.15, 0.2) is 30.7 Å². The van der Waals surface area contributed by atoms with Gasteiger partial charge in [-0.15, -0.1) is 0 Å². The molecular weight excluding hydrogens is 214 g/mol. The van der Waals surface area contributed by atoms with Crippen molar-refractivity contribution in [1.29, 1.82) is 0 Å². The van der Waals surface area contributed by atoms with E-state index in [1.165, 1.54) is 0 Å². The number of carbonyl (C=O) groups excluding carboxylic acids is 1. The highest BCUT2D eigenvalue weighted by Gasteiger charge is 2.22. The zero-order valence-corrected chi connectivity index (χ0v) is 10.2. The monoisotopic (exact) mass is 229 g/mol. The molecule has 0 atom stereocenters. The van der Waals surface area contributed by atoms with Gasteiger partial charge in [0, 0.05) is 24.0 Å². The number of rotatable bonds is 2. The Labute approximate surface area is 100 Å². The fraction of sp³-hybridized carbons (Fsp3) is 0.308. The summed E-state index contributed by atoms with van der Waals surface area (Å²) >= 11 is 0. The van der Waals surface area contributed by atoms with E-state index in [4.69, 9.17) is 0 Å². The summed E-state index contributed by atoms with van der Waals surface area (Å²) in [5.74, 6) is 0. The van der Waals surface area contributed by atoms with Gasteiger partial charge in [0.05, 0.1) is 16.9 Å². The van der Waals surface area contributed by atoms with Crippen molar-refractivity contribution in [3.05, 3.63) is 42.0 Å². The molecule has 88 valence electrons. The van der Waals surface area contributed by atoms with Crippen LogP contribution in [0, 0.1) is 0 Å². The molecule has 0 saturated heterocycles. The quantitative estimate of drug-likeness (QED) is 0.743. The fourth-order valence-electron chi connectivity index (χ4n) is 1.69. The van der Waals surface area contributed by atoms with Gasteiger partial charge in [0.1, 0.15) is 0 Å². The third kappa shape index (κ3) is 2.25. The van der Waals surface area contributed by atoms with Crippen LogP contribution in [-0.2, 0) is 5.41 Å². The van der Waals surface area contributed by atoms with Gasteiger partial charge in [0.2, 0.25) is 0 Å². The van der Waals surface area contributed by atoms with Crippen LogP contribution in [0.3, 0.4) is 0 Å². The lowest BCUT2D eigenvalue weighted by atomic mass is 9.90. The zero-order valence-electron chi connectivity index (χ0n) is 10.2. The van der Waals surface area contributed by atoms with Gasteiger partial charge in [-0.2, -0.15) is 5.10 Å². The predicted molar refractivity (Wildman–Crippen MR) is 65.4 cm³/mol. The second-order valence-electron chi connectivity index (χ2n) is 4.95. The molecule has 17 heavy (non-hydrogen) atoms. The van der Waals surface area contributed by atoms with Gasteiger partial charge in [-0.1, -0.05) is 20.8 Å². The summed E-state index contributed by atoms with van der Waals surface area (Å²) in [6.45, 7) is 6.12. The van der Waals surface area contributed by atoms with Gasteiger partial charge in [-0.25, -0.2) is 4.68 Å². The van der Waals surface area contributed by atoms with Crippen LogP contribution in [-0.4, -0.2) is 21.1 Å². The summed E-state index contributed by atoms with van der Waals surface area (Å²) in [6.07, 6.45) is 6.01. The second kappa shape index (κ2) is 4.13. The van der Waals surface area contributed by atoms with Crippen LogP contribution in [0.5, 0.6) is 0 Å². The molecular formula is C13H15N3O. The molecule has 2 heterocycles. The first kappa shape index (κ1) is 11.5. The number of aldehydes is 1. The van der Waals surface area contributed by atoms with E-state index in [9.17, 15) is 4.79 Å². The van der Waals surface area contributed by atoms with Crippen LogP contribution in [0.2, 0.25) is 0 Å². The van der Waals surface area contributed by atoms with Crippen molar-refractivity contribution in [2.45, 2.75) is 26.2 Å². The molecule has 0 spiro atoms. The molecule has 0 aromatic carbocycles. The molecule has 2 aromatic heterocycles. The minimum Gasteiger partial charge on any atom is -0.298 e. The molecule has 0 unspecified atom stereocenters. The van der Waals surface area contributed by atoms with Gasteiger partial charge in [0.15, 0.2) is 6.29 Å². The van der Waals surface area contributed by atoms with E-state index in [0.29, 0.717) is 5.56 Å². The van der Waals surface area contributed by atoms with E-state index in [1.807, 2.05) is 32.9 Å². The molecule has 2 aromatic rings. The molecule has 0 aliphatic heterocycles. The lowest BCUT2D eigenvalue weighted by Gasteiger charge is -2.15. The molecule has 0 amide bonds. The maximum Gasteiger partial charge on any atom is 0.153 e. The number of hydrogen-bond acceptors (Lipinski definition) is 3. The lowest BCUT2D eigenvalue weighted by Crippen LogP contribution is -2.14. The van der Waals surface area contributed by atoms with Crippen molar-refractivity contribution in [3.8, 4) is 5.69 Å². The smallest absolute Gasteiger partial charge is 0.153 e. The summed E-state index contributed by atoms with van der Waals surface area (Å²) < 4.78 is 1.71. The average Bonchev–Trinajstić information content (AvgIpc) is 2.74. The lowest BCUT2D eigenvalue weighted by molar-refractivity contribution is 0.112. The minimum absolute atomic E-state index is 0.144. The van der Waals surface area contributed by atoms with Crippen LogP contribution in [0.25, 0.3) is 5.69 Å². The molecule has 0 fully saturated rings. The normalized spacial score (nSPS) is 11.5. The summed E-state index contributed by atoms with van der Waals surface area (Å²) in [7, 11) is 0. The summed E-state index contributed by atoms with van der Waals surface area (Å²) in [5, 5.41) is 4.48. The largest absolute Gasteiger partial charge is 0.298 e. The zero-order chi connectivity index (χ0) is 12.5. The van der Waals surface area contributed by atoms with Crippen LogP contribution in [0.1, 0.15) is 36.8 Å². The van der Waals surface area contributed by atoms with Gasteiger partial charge >= 0.3 is 0 Å². The Hall–Kier alpha value is -1.97. The number of aromatic nitrogens is 3. The Kier molecular flexibility index (Phi) is 2.79. The van der Waals surface area contributed by atoms with Crippen LogP contribution in [0.4, 0.5) is 0 Å². The van der Waals surface area contributed by atoms with Crippen molar-refractivity contribution in [2.75, 3.05) is 0 Å². The van der Waals surface area contributed by atoms with Crippen molar-refractivity contribution < 1.29 is 4.79 Å². The van der Waals surface area contributed by atoms with E-state index in [1.54, 1.807) is 23.3 Å². The van der Waals surface area contributed by atoms with Gasteiger partial charge in [-0.05, 0) is 12.1 Å². The molecule has 0 aliphatic carbocycles. The molecule has 0 N–H and O–H groups in total. The van der Waals surface area contributed by atoms with Crippen LogP contribution < -0.4 is 0 Å². The minimum atomic E-state index is -0.144. The van der Waals surface area contributed by atoms with E-state index < -0.39 is 0 Å². The maximum absolute atomic E-state index is 11.1. The average molecular weight is 229 g/mol. The van der Waals surface area contributed by atoms with Crippen molar-refractivity contribution in [3.63, 3.8) is 0 Å². The van der Waals surface area contributed by atoms with Gasteiger partial charge < -0.3 is 0 Å². The Morgan fingerprint density at radius 2 is 1.88 bits per heavy atom. The van der Waals surface area contributed by atoms with Crippen molar-refractivity contribution in [2.24, 2.45) is 0 Å². The van der Waals surface area contributed by atoms with Crippen molar-refractivity contribution >= 4 is 6.29 Å². The number of nitrogens with zero attached hydrogens (tertiary/aromatic N) is 3. The van der Waals surface area contributed by atoms with Gasteiger partial charge in [-0.3, -0.25) is 9.78 Å². The predicted octanol–water partition coefficient (Wildman–Crippen LogP) is 2.38. The molecule has 4 nitrogen and oxygen atoms in total. The highest BCUT2D eigenvalue weighted by atomic mass is 16.1. The molecule has 0 aliphatic rings. The van der Waals surface area contributed by atoms with Gasteiger partial charge in [0.25, 0.3) is 0 Å². The Morgan fingerprint density at radius 3 is 2.35 bits per heavy atom. The molecule has 4 heteroatoms. The fourth-order valence-corrected chi connectivity index (χ4v) is 1.69. The molecule has 0 bridgehead atoms.